The molecule has 0 saturated heterocycles. The number of aromatic hydroxyl groups is 1. The average Bonchev–Trinajstić information content (AvgIpc) is 2.74. The van der Waals surface area contributed by atoms with Gasteiger partial charge in [-0.15, -0.1) is 0 Å². The summed E-state index contributed by atoms with van der Waals surface area (Å²) in [5.41, 5.74) is 2.20. The van der Waals surface area contributed by atoms with Crippen molar-refractivity contribution in [1.29, 1.82) is 0 Å². The molecule has 0 aromatic heterocycles. The predicted octanol–water partition coefficient (Wildman–Crippen LogP) is 7.61. The Bertz CT molecular complexity index is 675. The summed E-state index contributed by atoms with van der Waals surface area (Å²) in [6, 6.07) is 18.1. The lowest BCUT2D eigenvalue weighted by atomic mass is 9.91. The lowest BCUT2D eigenvalue weighted by molar-refractivity contribution is -0.147. The number of rotatable bonds is 6. The third-order valence-corrected chi connectivity index (χ3v) is 5.52. The first-order chi connectivity index (χ1) is 13.6. The number of phenolic OH excluding ortho intramolecular Hbond substituents is 1. The largest absolute Gasteiger partial charge is 0.508 e. The normalized spacial score (nSPS) is 12.5. The van der Waals surface area contributed by atoms with Crippen molar-refractivity contribution in [1.82, 2.24) is 0 Å². The van der Waals surface area contributed by atoms with E-state index in [4.69, 9.17) is 10.2 Å². The summed E-state index contributed by atoms with van der Waals surface area (Å²) >= 11 is 0. The highest BCUT2D eigenvalue weighted by molar-refractivity contribution is 5.73. The molecule has 2 rings (SSSR count). The van der Waals surface area contributed by atoms with Crippen LogP contribution in [-0.2, 0) is 4.79 Å². The quantitative estimate of drug-likeness (QED) is 0.524. The molecule has 162 valence electrons. The van der Waals surface area contributed by atoms with E-state index in [0.717, 1.165) is 6.42 Å². The van der Waals surface area contributed by atoms with Crippen LogP contribution < -0.4 is 0 Å². The van der Waals surface area contributed by atoms with Gasteiger partial charge in [0.1, 0.15) is 5.75 Å². The molecular weight excluding hydrogens is 360 g/mol. The molecule has 0 amide bonds. The van der Waals surface area contributed by atoms with Gasteiger partial charge >= 0.3 is 5.97 Å². The van der Waals surface area contributed by atoms with Gasteiger partial charge in [-0.25, -0.2) is 0 Å². The van der Waals surface area contributed by atoms with Crippen molar-refractivity contribution in [3.63, 3.8) is 0 Å². The standard InChI is InChI=1S/C10H14O.C10H14.C6H12O2/c1-3-8(2)9-4-6-10(11)7-5-9;1-3-9(2)10-7-5-4-6-8-10;1-4-6(2,3)5(7)8/h4-8,11H,3H2,1-2H3;4-9H,3H2,1-2H3;4H2,1-3H3,(H,7,8). The van der Waals surface area contributed by atoms with Crippen molar-refractivity contribution in [2.24, 2.45) is 5.41 Å². The van der Waals surface area contributed by atoms with Crippen LogP contribution in [-0.4, -0.2) is 16.2 Å². The minimum absolute atomic E-state index is 0.344. The van der Waals surface area contributed by atoms with Gasteiger partial charge in [0.05, 0.1) is 5.41 Å². The van der Waals surface area contributed by atoms with E-state index < -0.39 is 11.4 Å². The van der Waals surface area contributed by atoms with E-state index in [0.29, 0.717) is 24.0 Å². The van der Waals surface area contributed by atoms with Crippen LogP contribution in [0.5, 0.6) is 5.75 Å². The Balaban J connectivity index is 0.000000412. The molecule has 0 spiro atoms. The summed E-state index contributed by atoms with van der Waals surface area (Å²) in [6.45, 7) is 14.1. The highest BCUT2D eigenvalue weighted by atomic mass is 16.4. The molecule has 0 heterocycles. The summed E-state index contributed by atoms with van der Waals surface area (Å²) in [5, 5.41) is 17.5. The first-order valence-electron chi connectivity index (χ1n) is 10.7. The highest BCUT2D eigenvalue weighted by Crippen LogP contribution is 2.20. The summed E-state index contributed by atoms with van der Waals surface area (Å²) in [7, 11) is 0. The summed E-state index contributed by atoms with van der Waals surface area (Å²) < 4.78 is 0. The fraction of sp³-hybridized carbons (Fsp3) is 0.500. The molecule has 0 radical (unpaired) electrons. The third-order valence-electron chi connectivity index (χ3n) is 5.52. The molecule has 2 aromatic rings. The van der Waals surface area contributed by atoms with Gasteiger partial charge in [0, 0.05) is 0 Å². The molecule has 0 aliphatic heterocycles. The van der Waals surface area contributed by atoms with Crippen LogP contribution in [0.2, 0.25) is 0 Å². The first kappa shape index (κ1) is 26.7. The predicted molar refractivity (Wildman–Crippen MR) is 124 cm³/mol. The second-order valence-electron chi connectivity index (χ2n) is 8.16. The van der Waals surface area contributed by atoms with Gasteiger partial charge in [-0.1, -0.05) is 77.1 Å². The summed E-state index contributed by atoms with van der Waals surface area (Å²) in [6.07, 6.45) is 3.05. The first-order valence-corrected chi connectivity index (χ1v) is 10.7. The van der Waals surface area contributed by atoms with Crippen molar-refractivity contribution >= 4 is 5.97 Å². The minimum Gasteiger partial charge on any atom is -0.508 e. The average molecular weight is 401 g/mol. The number of carbonyl (C=O) groups is 1. The Hall–Kier alpha value is -2.29. The lowest BCUT2D eigenvalue weighted by Gasteiger charge is -2.14. The Morgan fingerprint density at radius 1 is 0.828 bits per heavy atom. The maximum Gasteiger partial charge on any atom is 0.309 e. The van der Waals surface area contributed by atoms with E-state index in [1.807, 2.05) is 19.1 Å². The van der Waals surface area contributed by atoms with Crippen LogP contribution in [0.1, 0.15) is 90.7 Å². The summed E-state index contributed by atoms with van der Waals surface area (Å²) in [5.74, 6) is 0.925. The fourth-order valence-electron chi connectivity index (χ4n) is 2.21. The van der Waals surface area contributed by atoms with Gasteiger partial charge in [-0.05, 0) is 68.2 Å². The summed E-state index contributed by atoms with van der Waals surface area (Å²) in [4.78, 5) is 10.3. The zero-order chi connectivity index (χ0) is 22.4. The van der Waals surface area contributed by atoms with E-state index in [9.17, 15) is 4.79 Å². The van der Waals surface area contributed by atoms with Gasteiger partial charge in [-0.3, -0.25) is 4.79 Å². The Kier molecular flexibility index (Phi) is 12.7. The van der Waals surface area contributed by atoms with Crippen molar-refractivity contribution in [2.75, 3.05) is 0 Å². The SMILES string of the molecule is CCC(C)(C)C(=O)O.CCC(C)c1ccc(O)cc1.CCC(C)c1ccccc1. The maximum absolute atomic E-state index is 10.3. The number of aliphatic carboxylic acids is 1. The smallest absolute Gasteiger partial charge is 0.309 e. The molecule has 29 heavy (non-hydrogen) atoms. The van der Waals surface area contributed by atoms with Crippen molar-refractivity contribution in [2.45, 2.75) is 79.6 Å². The number of hydrogen-bond donors (Lipinski definition) is 2. The molecule has 2 N–H and O–H groups in total. The molecule has 0 bridgehead atoms. The van der Waals surface area contributed by atoms with Crippen LogP contribution in [0.15, 0.2) is 54.6 Å². The van der Waals surface area contributed by atoms with Crippen LogP contribution in [0, 0.1) is 5.41 Å². The molecule has 0 aliphatic rings. The minimum atomic E-state index is -0.722. The van der Waals surface area contributed by atoms with Crippen molar-refractivity contribution < 1.29 is 15.0 Å². The van der Waals surface area contributed by atoms with E-state index in [-0.39, 0.29) is 0 Å². The van der Waals surface area contributed by atoms with Crippen LogP contribution in [0.3, 0.4) is 0 Å². The fourth-order valence-corrected chi connectivity index (χ4v) is 2.21. The number of carboxylic acid groups (broad SMARTS) is 1. The van der Waals surface area contributed by atoms with E-state index >= 15 is 0 Å². The third kappa shape index (κ3) is 10.7. The number of carboxylic acids is 1. The van der Waals surface area contributed by atoms with E-state index in [1.165, 1.54) is 17.5 Å². The van der Waals surface area contributed by atoms with Crippen LogP contribution in [0.25, 0.3) is 0 Å². The Morgan fingerprint density at radius 2 is 1.24 bits per heavy atom. The zero-order valence-electron chi connectivity index (χ0n) is 19.3. The maximum atomic E-state index is 10.3. The molecule has 2 aromatic carbocycles. The van der Waals surface area contributed by atoms with Gasteiger partial charge < -0.3 is 10.2 Å². The molecule has 3 nitrogen and oxygen atoms in total. The van der Waals surface area contributed by atoms with Crippen LogP contribution >= 0.6 is 0 Å². The lowest BCUT2D eigenvalue weighted by Crippen LogP contribution is -2.21. The van der Waals surface area contributed by atoms with E-state index in [2.05, 4.69) is 58.0 Å². The Morgan fingerprint density at radius 3 is 1.55 bits per heavy atom. The topological polar surface area (TPSA) is 57.5 Å². The monoisotopic (exact) mass is 400 g/mol. The second-order valence-corrected chi connectivity index (χ2v) is 8.16. The molecule has 3 heteroatoms. The molecule has 2 unspecified atom stereocenters. The van der Waals surface area contributed by atoms with Gasteiger partial charge in [0.15, 0.2) is 0 Å². The van der Waals surface area contributed by atoms with Gasteiger partial charge in [0.25, 0.3) is 0 Å². The van der Waals surface area contributed by atoms with E-state index in [1.54, 1.807) is 26.0 Å². The number of phenols is 1. The molecule has 0 fully saturated rings. The molecular formula is C26H40O3. The zero-order valence-corrected chi connectivity index (χ0v) is 19.3. The number of hydrogen-bond acceptors (Lipinski definition) is 2. The molecule has 0 aliphatic carbocycles. The molecule has 0 saturated carbocycles. The van der Waals surface area contributed by atoms with Crippen molar-refractivity contribution in [3.8, 4) is 5.75 Å². The highest BCUT2D eigenvalue weighted by Gasteiger charge is 2.23. The molecule has 2 atom stereocenters. The van der Waals surface area contributed by atoms with Gasteiger partial charge in [0.2, 0.25) is 0 Å². The van der Waals surface area contributed by atoms with Crippen LogP contribution in [0.4, 0.5) is 0 Å². The van der Waals surface area contributed by atoms with Gasteiger partial charge in [-0.2, -0.15) is 0 Å². The Labute approximate surface area is 177 Å². The second kappa shape index (κ2) is 13.8. The number of benzene rings is 2. The van der Waals surface area contributed by atoms with Crippen molar-refractivity contribution in [3.05, 3.63) is 65.7 Å².